The van der Waals surface area contributed by atoms with Gasteiger partial charge in [0.15, 0.2) is 0 Å². The number of benzene rings is 3. The average Bonchev–Trinajstić information content (AvgIpc) is 2.97. The Morgan fingerprint density at radius 2 is 1.51 bits per heavy atom. The molecule has 0 saturated heterocycles. The zero-order valence-electron chi connectivity index (χ0n) is 23.3. The van der Waals surface area contributed by atoms with Gasteiger partial charge in [-0.1, -0.05) is 98.2 Å². The maximum atomic E-state index is 13.4. The number of nitrogens with zero attached hydrogens (tertiary/aromatic N) is 1. The molecule has 1 radical (unpaired) electrons. The summed E-state index contributed by atoms with van der Waals surface area (Å²) in [6.45, 7) is 3.98. The van der Waals surface area contributed by atoms with Gasteiger partial charge in [-0.2, -0.15) is 0 Å². The zero-order valence-corrected chi connectivity index (χ0v) is 24.1. The summed E-state index contributed by atoms with van der Waals surface area (Å²) in [6, 6.07) is 23.6. The monoisotopic (exact) mass is 578 g/mol. The summed E-state index contributed by atoms with van der Waals surface area (Å²) in [5.41, 5.74) is 2.50. The molecule has 2 unspecified atom stereocenters. The Labute approximate surface area is 246 Å². The molecule has 3 N–H and O–H groups in total. The van der Waals surface area contributed by atoms with Gasteiger partial charge in [-0.05, 0) is 47.6 Å². The van der Waals surface area contributed by atoms with Crippen molar-refractivity contribution in [3.8, 4) is 0 Å². The molecule has 3 aromatic rings. The van der Waals surface area contributed by atoms with E-state index in [1.807, 2.05) is 80.8 Å². The number of aliphatic hydroxyl groups excluding tert-OH is 1. The first-order valence-electron chi connectivity index (χ1n) is 13.6. The number of carbonyl (C=O) groups is 2. The van der Waals surface area contributed by atoms with E-state index in [0.717, 1.165) is 16.7 Å². The molecule has 9 heteroatoms. The molecule has 3 amide bonds. The Bertz CT molecular complexity index is 1230. The van der Waals surface area contributed by atoms with Crippen molar-refractivity contribution in [1.82, 2.24) is 15.5 Å². The maximum Gasteiger partial charge on any atom is 0.407 e. The summed E-state index contributed by atoms with van der Waals surface area (Å²) in [5, 5.41) is 17.4. The van der Waals surface area contributed by atoms with Gasteiger partial charge in [0, 0.05) is 11.6 Å². The minimum atomic E-state index is -1.17. The van der Waals surface area contributed by atoms with Crippen LogP contribution in [0.4, 0.5) is 9.59 Å². The molecule has 0 aliphatic heterocycles. The predicted molar refractivity (Wildman–Crippen MR) is 159 cm³/mol. The van der Waals surface area contributed by atoms with Crippen molar-refractivity contribution in [2.75, 3.05) is 6.54 Å². The van der Waals surface area contributed by atoms with Crippen molar-refractivity contribution in [3.63, 3.8) is 0 Å². The third-order valence-corrected chi connectivity index (χ3v) is 6.66. The van der Waals surface area contributed by atoms with Crippen molar-refractivity contribution in [2.24, 2.45) is 5.92 Å². The average molecular weight is 579 g/mol. The number of nitrogens with one attached hydrogen (secondary N) is 2. The number of carbonyl (C=O) groups excluding carboxylic acids is 3. The highest BCUT2D eigenvalue weighted by Crippen LogP contribution is 2.15. The van der Waals surface area contributed by atoms with Crippen LogP contribution in [0.2, 0.25) is 5.02 Å². The molecule has 217 valence electrons. The van der Waals surface area contributed by atoms with Crippen molar-refractivity contribution < 1.29 is 24.2 Å². The van der Waals surface area contributed by atoms with Crippen LogP contribution in [-0.2, 0) is 29.1 Å². The third-order valence-electron chi connectivity index (χ3n) is 6.41. The van der Waals surface area contributed by atoms with E-state index >= 15 is 0 Å². The van der Waals surface area contributed by atoms with E-state index in [1.165, 1.54) is 4.90 Å². The summed E-state index contributed by atoms with van der Waals surface area (Å²) < 4.78 is 5.40. The lowest BCUT2D eigenvalue weighted by Gasteiger charge is -2.31. The Morgan fingerprint density at radius 1 is 0.902 bits per heavy atom. The van der Waals surface area contributed by atoms with Crippen LogP contribution >= 0.6 is 11.6 Å². The fourth-order valence-electron chi connectivity index (χ4n) is 4.30. The van der Waals surface area contributed by atoms with Crippen molar-refractivity contribution in [2.45, 2.75) is 58.0 Å². The third kappa shape index (κ3) is 11.3. The first-order valence-corrected chi connectivity index (χ1v) is 14.0. The van der Waals surface area contributed by atoms with Gasteiger partial charge in [0.1, 0.15) is 6.61 Å². The number of amides is 3. The van der Waals surface area contributed by atoms with Crippen LogP contribution in [0.15, 0.2) is 84.9 Å². The number of alkyl carbamates (subject to hydrolysis) is 1. The molecule has 0 aliphatic rings. The largest absolute Gasteiger partial charge is 0.445 e. The lowest BCUT2D eigenvalue weighted by Crippen LogP contribution is -2.53. The molecule has 3 rings (SSSR count). The van der Waals surface area contributed by atoms with E-state index in [4.69, 9.17) is 16.3 Å². The van der Waals surface area contributed by atoms with Crippen LogP contribution in [0.3, 0.4) is 0 Å². The lowest BCUT2D eigenvalue weighted by molar-refractivity contribution is 0.0767. The molecule has 3 aromatic carbocycles. The second-order valence-electron chi connectivity index (χ2n) is 10.3. The predicted octanol–water partition coefficient (Wildman–Crippen LogP) is 5.27. The van der Waals surface area contributed by atoms with Crippen LogP contribution in [0.5, 0.6) is 0 Å². The molecule has 0 spiro atoms. The first-order chi connectivity index (χ1) is 19.7. The van der Waals surface area contributed by atoms with E-state index in [9.17, 15) is 19.5 Å². The Hall–Kier alpha value is -3.88. The summed E-state index contributed by atoms with van der Waals surface area (Å²) in [7, 11) is 0. The summed E-state index contributed by atoms with van der Waals surface area (Å²) in [5.74, 6) is 0.165. The van der Waals surface area contributed by atoms with E-state index in [1.54, 1.807) is 24.3 Å². The van der Waals surface area contributed by atoms with Gasteiger partial charge < -0.3 is 25.4 Å². The highest BCUT2D eigenvalue weighted by molar-refractivity contribution is 6.30. The number of ether oxygens (including phenoxy) is 1. The fraction of sp³-hybridized carbons (Fsp3) is 0.344. The fourth-order valence-corrected chi connectivity index (χ4v) is 4.42. The van der Waals surface area contributed by atoms with Gasteiger partial charge in [0.05, 0.1) is 24.7 Å². The zero-order chi connectivity index (χ0) is 29.6. The van der Waals surface area contributed by atoms with E-state index in [0.29, 0.717) is 17.9 Å². The number of halogens is 1. The Morgan fingerprint density at radius 3 is 2.10 bits per heavy atom. The molecule has 8 nitrogen and oxygen atoms in total. The van der Waals surface area contributed by atoms with Crippen LogP contribution < -0.4 is 10.6 Å². The Kier molecular flexibility index (Phi) is 12.7. The summed E-state index contributed by atoms with van der Waals surface area (Å²) in [6.07, 6.45) is 0.771. The van der Waals surface area contributed by atoms with Crippen molar-refractivity contribution in [3.05, 3.63) is 107 Å². The number of hydrogen-bond donors (Lipinski definition) is 3. The van der Waals surface area contributed by atoms with Crippen LogP contribution in [-0.4, -0.2) is 53.1 Å². The summed E-state index contributed by atoms with van der Waals surface area (Å²) in [4.78, 5) is 39.0. The molecule has 0 heterocycles. The second kappa shape index (κ2) is 16.4. The van der Waals surface area contributed by atoms with Crippen LogP contribution in [0.1, 0.15) is 37.0 Å². The Balaban J connectivity index is 1.77. The van der Waals surface area contributed by atoms with E-state index in [-0.39, 0.29) is 25.6 Å². The SMILES string of the molecule is CC(C)C[C@@H]([C]=O)NC(=O)N(Cc1ccc(Cl)cc1)CC(O)C(Cc1ccccc1)NC(=O)OCc1ccccc1. The van der Waals surface area contributed by atoms with Gasteiger partial charge in [-0.25, -0.2) is 9.59 Å². The van der Waals surface area contributed by atoms with E-state index < -0.39 is 30.3 Å². The number of aliphatic hydroxyl groups is 1. The van der Waals surface area contributed by atoms with Gasteiger partial charge in [-0.3, -0.25) is 4.79 Å². The molecule has 41 heavy (non-hydrogen) atoms. The highest BCUT2D eigenvalue weighted by Gasteiger charge is 2.28. The molecule has 0 fully saturated rings. The smallest absolute Gasteiger partial charge is 0.407 e. The van der Waals surface area contributed by atoms with Gasteiger partial charge >= 0.3 is 12.1 Å². The van der Waals surface area contributed by atoms with Crippen molar-refractivity contribution >= 4 is 30.0 Å². The maximum absolute atomic E-state index is 13.4. The minimum absolute atomic E-state index is 0.0748. The molecule has 0 aliphatic carbocycles. The van der Waals surface area contributed by atoms with Gasteiger partial charge in [0.2, 0.25) is 6.29 Å². The number of rotatable bonds is 14. The molecule has 3 atom stereocenters. The molecular weight excluding hydrogens is 542 g/mol. The quantitative estimate of drug-likeness (QED) is 0.241. The highest BCUT2D eigenvalue weighted by atomic mass is 35.5. The molecule has 0 aromatic heterocycles. The van der Waals surface area contributed by atoms with Crippen LogP contribution in [0, 0.1) is 5.92 Å². The topological polar surface area (TPSA) is 108 Å². The minimum Gasteiger partial charge on any atom is -0.445 e. The van der Waals surface area contributed by atoms with Crippen LogP contribution in [0.25, 0.3) is 0 Å². The normalized spacial score (nSPS) is 13.1. The second-order valence-corrected chi connectivity index (χ2v) is 10.8. The number of urea groups is 1. The summed E-state index contributed by atoms with van der Waals surface area (Å²) >= 11 is 6.04. The number of hydrogen-bond acceptors (Lipinski definition) is 5. The molecule has 0 saturated carbocycles. The van der Waals surface area contributed by atoms with Crippen molar-refractivity contribution in [1.29, 1.82) is 0 Å². The van der Waals surface area contributed by atoms with E-state index in [2.05, 4.69) is 10.6 Å². The van der Waals surface area contributed by atoms with Gasteiger partial charge in [-0.15, -0.1) is 0 Å². The molecular formula is C32H37ClN3O5. The lowest BCUT2D eigenvalue weighted by atomic mass is 10.0. The standard InChI is InChI=1S/C32H37ClN3O5/c1-23(2)17-28(21-37)34-31(39)36(19-25-13-15-27(33)16-14-25)20-30(38)29(18-24-9-5-3-6-10-24)35-32(40)41-22-26-11-7-4-8-12-26/h3-16,23,28-30,38H,17-20,22H2,1-2H3,(H,34,39)(H,35,40)/t28-,29?,30?/m0/s1. The van der Waals surface area contributed by atoms with Gasteiger partial charge in [0.25, 0.3) is 0 Å². The molecule has 0 bridgehead atoms. The first kappa shape index (κ1) is 31.6.